The number of aliphatic carboxylic acids is 1. The third kappa shape index (κ3) is 3.61. The van der Waals surface area contributed by atoms with Crippen LogP contribution in [0.3, 0.4) is 0 Å². The molecule has 1 aliphatic heterocycles. The van der Waals surface area contributed by atoms with Crippen LogP contribution < -0.4 is 5.32 Å². The Balaban J connectivity index is 1.36. The van der Waals surface area contributed by atoms with E-state index in [0.717, 1.165) is 33.5 Å². The number of carboxylic acid groups (broad SMARTS) is 1. The maximum Gasteiger partial charge on any atom is 0.321 e. The quantitative estimate of drug-likeness (QED) is 0.586. The second kappa shape index (κ2) is 8.09. The van der Waals surface area contributed by atoms with Gasteiger partial charge >= 0.3 is 5.97 Å². The molecule has 162 valence electrons. The van der Waals surface area contributed by atoms with Gasteiger partial charge < -0.3 is 14.4 Å². The van der Waals surface area contributed by atoms with Crippen molar-refractivity contribution in [3.8, 4) is 0 Å². The maximum absolute atomic E-state index is 12.7. The number of aryl methyl sites for hydroxylation is 1. The van der Waals surface area contributed by atoms with E-state index in [0.29, 0.717) is 37.3 Å². The summed E-state index contributed by atoms with van der Waals surface area (Å²) in [6.45, 7) is 0.810. The minimum atomic E-state index is -0.902. The van der Waals surface area contributed by atoms with Crippen molar-refractivity contribution in [1.82, 2.24) is 14.9 Å². The lowest BCUT2D eigenvalue weighted by Crippen LogP contribution is -2.38. The Kier molecular flexibility index (Phi) is 5.11. The second-order valence-corrected chi connectivity index (χ2v) is 8.21. The molecule has 3 aromatic rings. The summed E-state index contributed by atoms with van der Waals surface area (Å²) in [5.41, 5.74) is 6.39. The summed E-state index contributed by atoms with van der Waals surface area (Å²) in [5, 5.41) is 12.7. The van der Waals surface area contributed by atoms with Crippen LogP contribution in [0, 0.1) is 0 Å². The Morgan fingerprint density at radius 1 is 1.22 bits per heavy atom. The van der Waals surface area contributed by atoms with E-state index < -0.39 is 12.0 Å². The Morgan fingerprint density at radius 3 is 2.84 bits per heavy atom. The highest BCUT2D eigenvalue weighted by Crippen LogP contribution is 2.40. The highest BCUT2D eigenvalue weighted by molar-refractivity contribution is 6.31. The van der Waals surface area contributed by atoms with E-state index in [-0.39, 0.29) is 5.78 Å². The number of aromatic nitrogens is 2. The van der Waals surface area contributed by atoms with Crippen LogP contribution in [0.15, 0.2) is 55.0 Å². The van der Waals surface area contributed by atoms with E-state index in [9.17, 15) is 14.7 Å². The van der Waals surface area contributed by atoms with Crippen molar-refractivity contribution >= 4 is 23.1 Å². The van der Waals surface area contributed by atoms with Crippen LogP contribution in [0.2, 0.25) is 0 Å². The minimum absolute atomic E-state index is 0.0826. The average Bonchev–Trinajstić information content (AvgIpc) is 3.46. The van der Waals surface area contributed by atoms with Crippen molar-refractivity contribution in [2.24, 2.45) is 7.05 Å². The molecule has 32 heavy (non-hydrogen) atoms. The van der Waals surface area contributed by atoms with Crippen molar-refractivity contribution in [1.29, 1.82) is 0 Å². The molecule has 7 nitrogen and oxygen atoms in total. The van der Waals surface area contributed by atoms with Crippen molar-refractivity contribution in [2.45, 2.75) is 32.0 Å². The average molecular weight is 429 g/mol. The molecule has 0 unspecified atom stereocenters. The number of nitrogens with one attached hydrogen (secondary N) is 1. The highest BCUT2D eigenvalue weighted by Gasteiger charge is 2.32. The van der Waals surface area contributed by atoms with Gasteiger partial charge in [-0.15, -0.1) is 0 Å². The first-order valence-corrected chi connectivity index (χ1v) is 10.5. The van der Waals surface area contributed by atoms with Crippen molar-refractivity contribution in [3.63, 3.8) is 0 Å². The molecule has 0 spiro atoms. The van der Waals surface area contributed by atoms with Gasteiger partial charge in [-0.25, -0.2) is 4.98 Å². The molecule has 2 N–H and O–H groups in total. The molecule has 1 aliphatic carbocycles. The number of rotatable bonds is 6. The van der Waals surface area contributed by atoms with Gasteiger partial charge in [0.15, 0.2) is 5.78 Å². The largest absolute Gasteiger partial charge is 0.487 e. The summed E-state index contributed by atoms with van der Waals surface area (Å²) in [5.74, 6) is -0.172. The summed E-state index contributed by atoms with van der Waals surface area (Å²) in [6.07, 6.45) is 4.09. The van der Waals surface area contributed by atoms with Crippen molar-refractivity contribution in [2.75, 3.05) is 0 Å². The van der Waals surface area contributed by atoms with Crippen LogP contribution >= 0.6 is 0 Å². The smallest absolute Gasteiger partial charge is 0.321 e. The fourth-order valence-electron chi connectivity index (χ4n) is 4.39. The van der Waals surface area contributed by atoms with E-state index in [1.165, 1.54) is 0 Å². The number of carbonyl (C=O) groups is 2. The molecule has 0 saturated heterocycles. The van der Waals surface area contributed by atoms with Gasteiger partial charge in [0.2, 0.25) is 0 Å². The van der Waals surface area contributed by atoms with Crippen LogP contribution in [0.5, 0.6) is 0 Å². The molecule has 1 atom stereocenters. The van der Waals surface area contributed by atoms with E-state index in [1.54, 1.807) is 12.5 Å². The van der Waals surface area contributed by atoms with Gasteiger partial charge in [0.05, 0.1) is 11.9 Å². The number of hydrogen-bond donors (Lipinski definition) is 2. The molecular formula is C25H23N3O4. The first-order chi connectivity index (χ1) is 15.5. The summed E-state index contributed by atoms with van der Waals surface area (Å²) in [7, 11) is 1.85. The molecule has 2 aliphatic rings. The molecule has 2 heterocycles. The number of benzene rings is 2. The van der Waals surface area contributed by atoms with Gasteiger partial charge in [0, 0.05) is 49.5 Å². The summed E-state index contributed by atoms with van der Waals surface area (Å²) in [4.78, 5) is 28.4. The van der Waals surface area contributed by atoms with Crippen molar-refractivity contribution in [3.05, 3.63) is 88.5 Å². The van der Waals surface area contributed by atoms with Gasteiger partial charge in [0.1, 0.15) is 18.4 Å². The first-order valence-electron chi connectivity index (χ1n) is 10.5. The molecule has 0 fully saturated rings. The van der Waals surface area contributed by atoms with Crippen LogP contribution in [0.1, 0.15) is 33.5 Å². The van der Waals surface area contributed by atoms with E-state index in [2.05, 4.69) is 10.3 Å². The lowest BCUT2D eigenvalue weighted by atomic mass is 9.99. The number of hydrogen-bond acceptors (Lipinski definition) is 5. The Bertz CT molecular complexity index is 1260. The lowest BCUT2D eigenvalue weighted by molar-refractivity contribution is -0.139. The minimum Gasteiger partial charge on any atom is -0.487 e. The normalized spacial score (nSPS) is 17.7. The maximum atomic E-state index is 12.7. The number of carbonyl (C=O) groups excluding carboxylic acids is 1. The molecule has 0 bridgehead atoms. The molecule has 0 radical (unpaired) electrons. The zero-order valence-electron chi connectivity index (χ0n) is 17.7. The number of fused-ring (bicyclic) bond motifs is 2. The molecule has 0 saturated carbocycles. The summed E-state index contributed by atoms with van der Waals surface area (Å²) >= 11 is 0. The number of Topliss-reactive ketones (excluding diaryl/α,β-unsaturated/α-hetero) is 1. The van der Waals surface area contributed by atoms with Gasteiger partial charge in [-0.3, -0.25) is 14.9 Å². The standard InChI is InChI=1S/C25H23N3O4/c1-28-14-26-12-18(28)10-21(25(30)31)27-11-15-6-7-20-17(8-15)13-32-24(20)23-19-5-3-2-4-16(19)9-22(23)29/h2-8,12,14,21,27H,9-11,13H2,1H3,(H,30,31)/b24-23+/t21-/m0/s1. The van der Waals surface area contributed by atoms with Crippen LogP contribution in [0.4, 0.5) is 0 Å². The molecule has 0 amide bonds. The first kappa shape index (κ1) is 20.2. The van der Waals surface area contributed by atoms with Gasteiger partial charge in [-0.05, 0) is 16.7 Å². The Labute approximate surface area is 185 Å². The lowest BCUT2D eigenvalue weighted by Gasteiger charge is -2.15. The molecule has 2 aromatic carbocycles. The predicted octanol–water partition coefficient (Wildman–Crippen LogP) is 2.73. The SMILES string of the molecule is Cn1cncc1C[C@H](NCc1ccc2c(c1)CO/C2=C1/C(=O)Cc2ccccc21)C(=O)O. The molecule has 7 heteroatoms. The molecule has 5 rings (SSSR count). The van der Waals surface area contributed by atoms with Gasteiger partial charge in [-0.1, -0.05) is 42.5 Å². The summed E-state index contributed by atoms with van der Waals surface area (Å²) < 4.78 is 7.79. The van der Waals surface area contributed by atoms with Gasteiger partial charge in [-0.2, -0.15) is 0 Å². The second-order valence-electron chi connectivity index (χ2n) is 8.21. The zero-order valence-corrected chi connectivity index (χ0v) is 17.7. The summed E-state index contributed by atoms with van der Waals surface area (Å²) in [6, 6.07) is 13.0. The fourth-order valence-corrected chi connectivity index (χ4v) is 4.39. The number of carboxylic acids is 1. The predicted molar refractivity (Wildman–Crippen MR) is 118 cm³/mol. The highest BCUT2D eigenvalue weighted by atomic mass is 16.5. The third-order valence-electron chi connectivity index (χ3n) is 6.11. The van der Waals surface area contributed by atoms with Crippen LogP contribution in [0.25, 0.3) is 11.3 Å². The number of imidazole rings is 1. The van der Waals surface area contributed by atoms with E-state index in [4.69, 9.17) is 4.74 Å². The van der Waals surface area contributed by atoms with Crippen molar-refractivity contribution < 1.29 is 19.4 Å². The van der Waals surface area contributed by atoms with Gasteiger partial charge in [0.25, 0.3) is 0 Å². The van der Waals surface area contributed by atoms with Crippen LogP contribution in [-0.2, 0) is 47.4 Å². The van der Waals surface area contributed by atoms with E-state index in [1.807, 2.05) is 54.1 Å². The third-order valence-corrected chi connectivity index (χ3v) is 6.11. The zero-order chi connectivity index (χ0) is 22.2. The number of ether oxygens (including phenoxy) is 1. The number of nitrogens with zero attached hydrogens (tertiary/aromatic N) is 2. The fraction of sp³-hybridized carbons (Fsp3) is 0.240. The van der Waals surface area contributed by atoms with E-state index >= 15 is 0 Å². The Hall–Kier alpha value is -3.71. The number of allylic oxidation sites excluding steroid dienone is 1. The topological polar surface area (TPSA) is 93.5 Å². The molecule has 1 aromatic heterocycles. The Morgan fingerprint density at radius 2 is 2.06 bits per heavy atom. The molecular weight excluding hydrogens is 406 g/mol. The monoisotopic (exact) mass is 429 g/mol. The van der Waals surface area contributed by atoms with Crippen LogP contribution in [-0.4, -0.2) is 32.5 Å². The number of ketones is 1.